The molecule has 2 aliphatic heterocycles. The van der Waals surface area contributed by atoms with Gasteiger partial charge in [-0.05, 0) is 45.2 Å². The van der Waals surface area contributed by atoms with Crippen molar-refractivity contribution in [3.8, 4) is 0 Å². The SMILES string of the molecule is CN(C)CC1(O)CCN(S(=O)(=O)N2CCC(C)(C)CC2)CC1. The van der Waals surface area contributed by atoms with Crippen LogP contribution in [-0.4, -0.2) is 79.5 Å². The lowest BCUT2D eigenvalue weighted by Gasteiger charge is -2.42. The van der Waals surface area contributed by atoms with Crippen LogP contribution in [0.15, 0.2) is 0 Å². The van der Waals surface area contributed by atoms with E-state index < -0.39 is 15.8 Å². The van der Waals surface area contributed by atoms with Crippen molar-refractivity contribution in [3.05, 3.63) is 0 Å². The van der Waals surface area contributed by atoms with E-state index in [9.17, 15) is 13.5 Å². The van der Waals surface area contributed by atoms with Crippen molar-refractivity contribution in [2.75, 3.05) is 46.8 Å². The van der Waals surface area contributed by atoms with Crippen LogP contribution in [0, 0.1) is 5.41 Å². The first-order chi connectivity index (χ1) is 10.0. The summed E-state index contributed by atoms with van der Waals surface area (Å²) in [6.45, 7) is 7.00. The van der Waals surface area contributed by atoms with Crippen LogP contribution in [0.4, 0.5) is 0 Å². The second-order valence-corrected chi connectivity index (χ2v) is 9.86. The summed E-state index contributed by atoms with van der Waals surface area (Å²) in [6.07, 6.45) is 2.82. The topological polar surface area (TPSA) is 64.1 Å². The average molecular weight is 333 g/mol. The monoisotopic (exact) mass is 333 g/mol. The van der Waals surface area contributed by atoms with Crippen LogP contribution in [0.2, 0.25) is 0 Å². The molecule has 0 spiro atoms. The van der Waals surface area contributed by atoms with Crippen LogP contribution >= 0.6 is 0 Å². The Morgan fingerprint density at radius 2 is 1.36 bits per heavy atom. The smallest absolute Gasteiger partial charge is 0.281 e. The third-order valence-corrected chi connectivity index (χ3v) is 7.03. The van der Waals surface area contributed by atoms with E-state index in [0.29, 0.717) is 45.6 Å². The van der Waals surface area contributed by atoms with Gasteiger partial charge in [0.2, 0.25) is 0 Å². The number of nitrogens with zero attached hydrogens (tertiary/aromatic N) is 3. The zero-order valence-electron chi connectivity index (χ0n) is 14.4. The summed E-state index contributed by atoms with van der Waals surface area (Å²) in [4.78, 5) is 1.96. The van der Waals surface area contributed by atoms with Crippen molar-refractivity contribution in [1.82, 2.24) is 13.5 Å². The molecule has 7 heteroatoms. The molecule has 2 saturated heterocycles. The fourth-order valence-corrected chi connectivity index (χ4v) is 4.98. The Balaban J connectivity index is 1.95. The van der Waals surface area contributed by atoms with E-state index in [2.05, 4.69) is 13.8 Å². The number of likely N-dealkylation sites (N-methyl/N-ethyl adjacent to an activating group) is 1. The van der Waals surface area contributed by atoms with Gasteiger partial charge < -0.3 is 10.0 Å². The van der Waals surface area contributed by atoms with Gasteiger partial charge in [0.15, 0.2) is 0 Å². The van der Waals surface area contributed by atoms with E-state index in [1.165, 1.54) is 0 Å². The zero-order chi connectivity index (χ0) is 16.6. The van der Waals surface area contributed by atoms with Crippen molar-refractivity contribution in [2.24, 2.45) is 5.41 Å². The first-order valence-corrected chi connectivity index (χ1v) is 9.56. The number of rotatable bonds is 4. The minimum absolute atomic E-state index is 0.236. The summed E-state index contributed by atoms with van der Waals surface area (Å²) in [5, 5.41) is 10.5. The maximum atomic E-state index is 12.7. The van der Waals surface area contributed by atoms with Gasteiger partial charge in [0.05, 0.1) is 5.60 Å². The second-order valence-electron chi connectivity index (χ2n) is 7.93. The van der Waals surface area contributed by atoms with Crippen molar-refractivity contribution >= 4 is 10.2 Å². The van der Waals surface area contributed by atoms with E-state index in [-0.39, 0.29) is 5.41 Å². The lowest BCUT2D eigenvalue weighted by atomic mass is 9.83. The van der Waals surface area contributed by atoms with Crippen molar-refractivity contribution in [3.63, 3.8) is 0 Å². The van der Waals surface area contributed by atoms with Crippen LogP contribution in [-0.2, 0) is 10.2 Å². The molecule has 0 saturated carbocycles. The van der Waals surface area contributed by atoms with Gasteiger partial charge in [-0.1, -0.05) is 13.8 Å². The van der Waals surface area contributed by atoms with Gasteiger partial charge in [-0.2, -0.15) is 17.0 Å². The Morgan fingerprint density at radius 3 is 1.77 bits per heavy atom. The van der Waals surface area contributed by atoms with Crippen molar-refractivity contribution in [1.29, 1.82) is 0 Å². The maximum Gasteiger partial charge on any atom is 0.281 e. The van der Waals surface area contributed by atoms with Gasteiger partial charge in [0, 0.05) is 32.7 Å². The van der Waals surface area contributed by atoms with Crippen molar-refractivity contribution < 1.29 is 13.5 Å². The maximum absolute atomic E-state index is 12.7. The summed E-state index contributed by atoms with van der Waals surface area (Å²) >= 11 is 0. The minimum atomic E-state index is -3.37. The quantitative estimate of drug-likeness (QED) is 0.824. The van der Waals surface area contributed by atoms with E-state index in [4.69, 9.17) is 0 Å². The van der Waals surface area contributed by atoms with E-state index in [1.54, 1.807) is 8.61 Å². The predicted molar refractivity (Wildman–Crippen MR) is 87.8 cm³/mol. The Kier molecular flexibility index (Phi) is 5.24. The molecule has 2 aliphatic rings. The predicted octanol–water partition coefficient (Wildman–Crippen LogP) is 0.742. The minimum Gasteiger partial charge on any atom is -0.388 e. The van der Waals surface area contributed by atoms with Crippen LogP contribution in [0.3, 0.4) is 0 Å². The average Bonchev–Trinajstić information content (AvgIpc) is 2.37. The molecule has 2 rings (SSSR count). The molecule has 0 unspecified atom stereocenters. The van der Waals surface area contributed by atoms with Gasteiger partial charge >= 0.3 is 0 Å². The molecular weight excluding hydrogens is 302 g/mol. The molecule has 0 aromatic heterocycles. The van der Waals surface area contributed by atoms with Crippen LogP contribution in [0.25, 0.3) is 0 Å². The Hall–Kier alpha value is -0.210. The lowest BCUT2D eigenvalue weighted by molar-refractivity contribution is -0.0244. The van der Waals surface area contributed by atoms with Crippen LogP contribution in [0.5, 0.6) is 0 Å². The fourth-order valence-electron chi connectivity index (χ4n) is 3.37. The molecule has 2 heterocycles. The largest absolute Gasteiger partial charge is 0.388 e. The van der Waals surface area contributed by atoms with E-state index in [0.717, 1.165) is 12.8 Å². The molecule has 0 amide bonds. The van der Waals surface area contributed by atoms with Crippen molar-refractivity contribution in [2.45, 2.75) is 45.1 Å². The number of hydrogen-bond acceptors (Lipinski definition) is 4. The normalized spacial score (nSPS) is 27.2. The fraction of sp³-hybridized carbons (Fsp3) is 1.00. The molecule has 2 fully saturated rings. The van der Waals surface area contributed by atoms with Gasteiger partial charge in [0.25, 0.3) is 10.2 Å². The van der Waals surface area contributed by atoms with Crippen LogP contribution < -0.4 is 0 Å². The summed E-state index contributed by atoms with van der Waals surface area (Å²) in [6, 6.07) is 0. The highest BCUT2D eigenvalue weighted by Crippen LogP contribution is 2.32. The Bertz CT molecular complexity index is 472. The summed E-state index contributed by atoms with van der Waals surface area (Å²) in [5.41, 5.74) is -0.528. The Labute approximate surface area is 135 Å². The van der Waals surface area contributed by atoms with Gasteiger partial charge in [-0.25, -0.2) is 0 Å². The lowest BCUT2D eigenvalue weighted by Crippen LogP contribution is -2.55. The van der Waals surface area contributed by atoms with E-state index in [1.807, 2.05) is 19.0 Å². The van der Waals surface area contributed by atoms with Gasteiger partial charge in [-0.3, -0.25) is 0 Å². The van der Waals surface area contributed by atoms with Gasteiger partial charge in [-0.15, -0.1) is 0 Å². The highest BCUT2D eigenvalue weighted by Gasteiger charge is 2.40. The summed E-state index contributed by atoms with van der Waals surface area (Å²) in [7, 11) is 0.482. The second kappa shape index (κ2) is 6.36. The molecule has 130 valence electrons. The van der Waals surface area contributed by atoms with E-state index >= 15 is 0 Å². The summed E-state index contributed by atoms with van der Waals surface area (Å²) < 4.78 is 28.7. The third kappa shape index (κ3) is 4.20. The third-order valence-electron chi connectivity index (χ3n) is 4.99. The zero-order valence-corrected chi connectivity index (χ0v) is 15.2. The molecule has 1 N–H and O–H groups in total. The first-order valence-electron chi connectivity index (χ1n) is 8.17. The standard InChI is InChI=1S/C15H31N3O3S/c1-14(2)5-9-17(10-6-14)22(20,21)18-11-7-15(19,8-12-18)13-16(3)4/h19H,5-13H2,1-4H3. The molecular formula is C15H31N3O3S. The molecule has 0 bridgehead atoms. The van der Waals surface area contributed by atoms with Gasteiger partial charge in [0.1, 0.15) is 0 Å². The first kappa shape index (κ1) is 18.1. The summed E-state index contributed by atoms with van der Waals surface area (Å²) in [5.74, 6) is 0. The molecule has 0 atom stereocenters. The number of hydrogen-bond donors (Lipinski definition) is 1. The Morgan fingerprint density at radius 1 is 0.955 bits per heavy atom. The number of aliphatic hydroxyl groups is 1. The van der Waals surface area contributed by atoms with Crippen LogP contribution in [0.1, 0.15) is 39.5 Å². The molecule has 6 nitrogen and oxygen atoms in total. The molecule has 0 aromatic carbocycles. The highest BCUT2D eigenvalue weighted by atomic mass is 32.2. The molecule has 0 aromatic rings. The molecule has 0 radical (unpaired) electrons. The molecule has 0 aliphatic carbocycles. The highest BCUT2D eigenvalue weighted by molar-refractivity contribution is 7.86. The number of piperidine rings is 2. The molecule has 22 heavy (non-hydrogen) atoms.